The van der Waals surface area contributed by atoms with Crippen LogP contribution in [0.3, 0.4) is 0 Å². The fraction of sp³-hybridized carbons (Fsp3) is 0.0769. The van der Waals surface area contributed by atoms with E-state index in [0.717, 1.165) is 11.3 Å². The van der Waals surface area contributed by atoms with E-state index in [1.54, 1.807) is 56.7 Å². The first kappa shape index (κ1) is 21.7. The summed E-state index contributed by atoms with van der Waals surface area (Å²) in [5.41, 5.74) is 0.748. The summed E-state index contributed by atoms with van der Waals surface area (Å²) in [6.07, 6.45) is 4.17. The van der Waals surface area contributed by atoms with Gasteiger partial charge in [0.1, 0.15) is 34.8 Å². The predicted molar refractivity (Wildman–Crippen MR) is 123 cm³/mol. The van der Waals surface area contributed by atoms with Gasteiger partial charge in [0.25, 0.3) is 0 Å². The third kappa shape index (κ3) is 5.22. The molecule has 0 unspecified atom stereocenters. The molecule has 0 radical (unpaired) electrons. The Balaban J connectivity index is 1.47. The van der Waals surface area contributed by atoms with Crippen LogP contribution in [0.4, 0.5) is 0 Å². The number of carbonyl (C=O) groups is 1. The van der Waals surface area contributed by atoms with Gasteiger partial charge in [-0.25, -0.2) is 4.79 Å². The fourth-order valence-corrected chi connectivity index (χ4v) is 3.03. The highest BCUT2D eigenvalue weighted by atomic mass is 16.5. The van der Waals surface area contributed by atoms with Gasteiger partial charge in [-0.3, -0.25) is 4.79 Å². The Bertz CT molecular complexity index is 1350. The van der Waals surface area contributed by atoms with Crippen molar-refractivity contribution in [2.75, 3.05) is 14.2 Å². The molecule has 1 aromatic heterocycles. The highest BCUT2D eigenvalue weighted by Crippen LogP contribution is 2.25. The third-order valence-electron chi connectivity index (χ3n) is 4.75. The zero-order chi connectivity index (χ0) is 23.2. The average Bonchev–Trinajstić information content (AvgIpc) is 2.85. The summed E-state index contributed by atoms with van der Waals surface area (Å²) >= 11 is 0. The summed E-state index contributed by atoms with van der Waals surface area (Å²) in [7, 11) is 3.15. The summed E-state index contributed by atoms with van der Waals surface area (Å²) in [5, 5.41) is 0.301. The van der Waals surface area contributed by atoms with Gasteiger partial charge in [-0.15, -0.1) is 0 Å². The SMILES string of the molecule is COc1ccc(C=CC(=O)Oc2ccc3c(=O)c(Oc4ccc(OC)cc4)coc3c2)cc1. The molecule has 3 aromatic carbocycles. The predicted octanol–water partition coefficient (Wildman–Crippen LogP) is 5.22. The van der Waals surface area contributed by atoms with Gasteiger partial charge in [0.05, 0.1) is 19.6 Å². The quantitative estimate of drug-likeness (QED) is 0.219. The second kappa shape index (κ2) is 9.74. The lowest BCUT2D eigenvalue weighted by Crippen LogP contribution is -2.06. The minimum Gasteiger partial charge on any atom is -0.497 e. The fourth-order valence-electron chi connectivity index (χ4n) is 3.03. The molecule has 0 aliphatic heterocycles. The average molecular weight is 444 g/mol. The van der Waals surface area contributed by atoms with E-state index in [-0.39, 0.29) is 22.5 Å². The Labute approximate surface area is 189 Å². The molecule has 7 heteroatoms. The van der Waals surface area contributed by atoms with Crippen LogP contribution in [0, 0.1) is 0 Å². The second-order valence-electron chi connectivity index (χ2n) is 6.89. The lowest BCUT2D eigenvalue weighted by molar-refractivity contribution is -0.128. The third-order valence-corrected chi connectivity index (χ3v) is 4.75. The van der Waals surface area contributed by atoms with Gasteiger partial charge in [0.15, 0.2) is 0 Å². The van der Waals surface area contributed by atoms with E-state index in [1.165, 1.54) is 30.5 Å². The number of hydrogen-bond acceptors (Lipinski definition) is 7. The maximum atomic E-state index is 12.8. The number of ether oxygens (including phenoxy) is 4. The van der Waals surface area contributed by atoms with Gasteiger partial charge in [-0.1, -0.05) is 12.1 Å². The molecule has 0 fully saturated rings. The highest BCUT2D eigenvalue weighted by molar-refractivity contribution is 5.89. The van der Waals surface area contributed by atoms with E-state index in [2.05, 4.69) is 0 Å². The Hall–Kier alpha value is -4.52. The van der Waals surface area contributed by atoms with Crippen LogP contribution in [0.25, 0.3) is 17.0 Å². The summed E-state index contributed by atoms with van der Waals surface area (Å²) in [6.45, 7) is 0. The normalized spacial score (nSPS) is 10.8. The van der Waals surface area contributed by atoms with Crippen LogP contribution in [-0.2, 0) is 4.79 Å². The number of fused-ring (bicyclic) bond motifs is 1. The molecular weight excluding hydrogens is 424 g/mol. The molecular formula is C26H20O7. The molecule has 0 amide bonds. The van der Waals surface area contributed by atoms with Crippen molar-refractivity contribution in [1.82, 2.24) is 0 Å². The lowest BCUT2D eigenvalue weighted by Gasteiger charge is -2.07. The van der Waals surface area contributed by atoms with Crippen LogP contribution in [0.1, 0.15) is 5.56 Å². The van der Waals surface area contributed by atoms with E-state index in [1.807, 2.05) is 12.1 Å². The van der Waals surface area contributed by atoms with Gasteiger partial charge in [-0.2, -0.15) is 0 Å². The van der Waals surface area contributed by atoms with E-state index in [0.29, 0.717) is 16.9 Å². The van der Waals surface area contributed by atoms with Crippen LogP contribution in [-0.4, -0.2) is 20.2 Å². The molecule has 4 aromatic rings. The van der Waals surface area contributed by atoms with Crippen molar-refractivity contribution >= 4 is 23.0 Å². The summed E-state index contributed by atoms with van der Waals surface area (Å²) in [5.74, 6) is 1.60. The minimum absolute atomic E-state index is 0.0415. The van der Waals surface area contributed by atoms with Gasteiger partial charge in [-0.05, 0) is 60.2 Å². The molecule has 0 N–H and O–H groups in total. The van der Waals surface area contributed by atoms with Crippen LogP contribution < -0.4 is 24.4 Å². The Morgan fingerprint density at radius 1 is 0.818 bits per heavy atom. The molecule has 0 aliphatic carbocycles. The van der Waals surface area contributed by atoms with Crippen molar-refractivity contribution in [3.05, 3.63) is 94.9 Å². The Morgan fingerprint density at radius 3 is 2.09 bits per heavy atom. The van der Waals surface area contributed by atoms with Crippen LogP contribution in [0.15, 0.2) is 88.3 Å². The number of carbonyl (C=O) groups excluding carboxylic acids is 1. The molecule has 0 spiro atoms. The summed E-state index contributed by atoms with van der Waals surface area (Å²) < 4.78 is 26.7. The maximum Gasteiger partial charge on any atom is 0.336 e. The van der Waals surface area contributed by atoms with Crippen LogP contribution in [0.5, 0.6) is 28.7 Å². The van der Waals surface area contributed by atoms with Crippen molar-refractivity contribution < 1.29 is 28.2 Å². The zero-order valence-electron chi connectivity index (χ0n) is 17.9. The van der Waals surface area contributed by atoms with Crippen LogP contribution in [0.2, 0.25) is 0 Å². The van der Waals surface area contributed by atoms with Gasteiger partial charge in [0.2, 0.25) is 11.2 Å². The van der Waals surface area contributed by atoms with E-state index < -0.39 is 5.97 Å². The lowest BCUT2D eigenvalue weighted by atomic mass is 10.2. The topological polar surface area (TPSA) is 84.2 Å². The monoisotopic (exact) mass is 444 g/mol. The standard InChI is InChI=1S/C26H20O7/c1-29-18-6-3-17(4-7-18)5-14-25(27)33-21-12-13-22-23(15-21)31-16-24(26(22)28)32-20-10-8-19(30-2)9-11-20/h3-16H,1-2H3. The first-order chi connectivity index (χ1) is 16.1. The van der Waals surface area contributed by atoms with Gasteiger partial charge < -0.3 is 23.4 Å². The minimum atomic E-state index is -0.563. The molecule has 0 atom stereocenters. The first-order valence-electron chi connectivity index (χ1n) is 9.97. The van der Waals surface area contributed by atoms with E-state index >= 15 is 0 Å². The number of methoxy groups -OCH3 is 2. The molecule has 0 aliphatic rings. The van der Waals surface area contributed by atoms with Gasteiger partial charge >= 0.3 is 5.97 Å². The molecule has 0 saturated heterocycles. The van der Waals surface area contributed by atoms with Crippen molar-refractivity contribution in [3.8, 4) is 28.7 Å². The summed E-state index contributed by atoms with van der Waals surface area (Å²) in [6, 6.07) is 18.6. The van der Waals surface area contributed by atoms with Crippen molar-refractivity contribution in [2.45, 2.75) is 0 Å². The number of benzene rings is 3. The smallest absolute Gasteiger partial charge is 0.336 e. The molecule has 7 nitrogen and oxygen atoms in total. The van der Waals surface area contributed by atoms with Gasteiger partial charge in [0, 0.05) is 12.1 Å². The number of rotatable bonds is 7. The molecule has 1 heterocycles. The van der Waals surface area contributed by atoms with Crippen molar-refractivity contribution in [3.63, 3.8) is 0 Å². The zero-order valence-corrected chi connectivity index (χ0v) is 17.9. The second-order valence-corrected chi connectivity index (χ2v) is 6.89. The summed E-state index contributed by atoms with van der Waals surface area (Å²) in [4.78, 5) is 24.9. The first-order valence-corrected chi connectivity index (χ1v) is 9.97. The Morgan fingerprint density at radius 2 is 1.42 bits per heavy atom. The Kier molecular flexibility index (Phi) is 6.40. The largest absolute Gasteiger partial charge is 0.497 e. The molecule has 0 bridgehead atoms. The van der Waals surface area contributed by atoms with Crippen molar-refractivity contribution in [1.29, 1.82) is 0 Å². The molecule has 166 valence electrons. The van der Waals surface area contributed by atoms with E-state index in [9.17, 15) is 9.59 Å². The van der Waals surface area contributed by atoms with E-state index in [4.69, 9.17) is 23.4 Å². The van der Waals surface area contributed by atoms with Crippen molar-refractivity contribution in [2.24, 2.45) is 0 Å². The maximum absolute atomic E-state index is 12.8. The molecule has 0 saturated carbocycles. The number of esters is 1. The molecule has 4 rings (SSSR count). The highest BCUT2D eigenvalue weighted by Gasteiger charge is 2.11. The van der Waals surface area contributed by atoms with Crippen LogP contribution >= 0.6 is 0 Å². The number of hydrogen-bond donors (Lipinski definition) is 0. The molecule has 33 heavy (non-hydrogen) atoms.